The molecule has 9 nitrogen and oxygen atoms in total. The Bertz CT molecular complexity index is 645. The molecule has 0 saturated carbocycles. The second-order valence-electron chi connectivity index (χ2n) is 5.63. The van der Waals surface area contributed by atoms with E-state index in [1.165, 1.54) is 12.1 Å². The summed E-state index contributed by atoms with van der Waals surface area (Å²) < 4.78 is 20.6. The molecule has 0 aliphatic carbocycles. The Morgan fingerprint density at radius 2 is 1.54 bits per heavy atom. The van der Waals surface area contributed by atoms with Crippen molar-refractivity contribution in [3.05, 3.63) is 35.9 Å². The van der Waals surface area contributed by atoms with Crippen molar-refractivity contribution in [3.8, 4) is 0 Å². The van der Waals surface area contributed by atoms with Crippen molar-refractivity contribution in [2.45, 2.75) is 44.6 Å². The van der Waals surface area contributed by atoms with E-state index in [0.717, 1.165) is 13.8 Å². The number of aliphatic hydroxyl groups excluding tert-OH is 2. The summed E-state index contributed by atoms with van der Waals surface area (Å²) >= 11 is 0. The van der Waals surface area contributed by atoms with Crippen LogP contribution in [0, 0.1) is 0 Å². The van der Waals surface area contributed by atoms with Crippen LogP contribution in [0.3, 0.4) is 0 Å². The molecule has 142 valence electrons. The second-order valence-corrected chi connectivity index (χ2v) is 5.63. The van der Waals surface area contributed by atoms with Gasteiger partial charge in [-0.15, -0.1) is 0 Å². The van der Waals surface area contributed by atoms with Crippen LogP contribution in [0.15, 0.2) is 30.3 Å². The Balaban J connectivity index is 2.30. The molecule has 0 bridgehead atoms. The zero-order valence-electron chi connectivity index (χ0n) is 14.2. The van der Waals surface area contributed by atoms with E-state index in [0.29, 0.717) is 0 Å². The first-order valence-electron chi connectivity index (χ1n) is 7.88. The lowest BCUT2D eigenvalue weighted by Gasteiger charge is -2.42. The van der Waals surface area contributed by atoms with Crippen molar-refractivity contribution >= 4 is 17.9 Å². The summed E-state index contributed by atoms with van der Waals surface area (Å²) in [5.41, 5.74) is 0.223. The molecular formula is C17H20O9. The van der Waals surface area contributed by atoms with Crippen LogP contribution in [0.4, 0.5) is 0 Å². The van der Waals surface area contributed by atoms with Crippen molar-refractivity contribution in [1.29, 1.82) is 0 Å². The molecule has 5 atom stereocenters. The maximum atomic E-state index is 12.3. The standard InChI is InChI=1S/C17H20O9/c1-9(19)23-14-13(26-16(21)11-6-4-3-5-7-11)12(8-18)25-17(22)15(14)24-10(2)20/h3-7,12-15,17-18,22H,8H2,1-2H3/t12?,13-,14?,15?,17+/m1/s1. The summed E-state index contributed by atoms with van der Waals surface area (Å²) in [6.45, 7) is 1.58. The monoisotopic (exact) mass is 368 g/mol. The molecule has 1 aliphatic rings. The molecule has 0 aromatic heterocycles. The lowest BCUT2D eigenvalue weighted by molar-refractivity contribution is -0.292. The fourth-order valence-electron chi connectivity index (χ4n) is 2.59. The first-order chi connectivity index (χ1) is 12.3. The summed E-state index contributed by atoms with van der Waals surface area (Å²) in [7, 11) is 0. The minimum Gasteiger partial charge on any atom is -0.454 e. The molecule has 1 saturated heterocycles. The van der Waals surface area contributed by atoms with E-state index in [-0.39, 0.29) is 5.56 Å². The van der Waals surface area contributed by atoms with Crippen molar-refractivity contribution in [1.82, 2.24) is 0 Å². The normalized spacial score (nSPS) is 28.1. The van der Waals surface area contributed by atoms with E-state index in [1.54, 1.807) is 18.2 Å². The minimum absolute atomic E-state index is 0.223. The molecule has 0 spiro atoms. The maximum absolute atomic E-state index is 12.3. The van der Waals surface area contributed by atoms with Crippen LogP contribution >= 0.6 is 0 Å². The lowest BCUT2D eigenvalue weighted by Crippen LogP contribution is -2.62. The largest absolute Gasteiger partial charge is 0.454 e. The Morgan fingerprint density at radius 1 is 0.962 bits per heavy atom. The fraction of sp³-hybridized carbons (Fsp3) is 0.471. The molecule has 1 aromatic carbocycles. The third-order valence-electron chi connectivity index (χ3n) is 3.65. The number of esters is 3. The number of rotatable bonds is 5. The van der Waals surface area contributed by atoms with Gasteiger partial charge >= 0.3 is 17.9 Å². The first kappa shape index (κ1) is 19.8. The van der Waals surface area contributed by atoms with Gasteiger partial charge in [-0.3, -0.25) is 9.59 Å². The topological polar surface area (TPSA) is 129 Å². The quantitative estimate of drug-likeness (QED) is 0.535. The molecule has 26 heavy (non-hydrogen) atoms. The third kappa shape index (κ3) is 4.78. The van der Waals surface area contributed by atoms with Crippen LogP contribution in [-0.4, -0.2) is 65.4 Å². The van der Waals surface area contributed by atoms with Gasteiger partial charge in [0.15, 0.2) is 24.6 Å². The van der Waals surface area contributed by atoms with Gasteiger partial charge in [0.25, 0.3) is 0 Å². The van der Waals surface area contributed by atoms with Crippen LogP contribution in [0.5, 0.6) is 0 Å². The van der Waals surface area contributed by atoms with Gasteiger partial charge in [0.1, 0.15) is 6.10 Å². The summed E-state index contributed by atoms with van der Waals surface area (Å²) in [4.78, 5) is 35.1. The van der Waals surface area contributed by atoms with Gasteiger partial charge in [0.05, 0.1) is 12.2 Å². The predicted octanol–water partition coefficient (Wildman–Crippen LogP) is -0.215. The Labute approximate surface area is 149 Å². The molecule has 1 fully saturated rings. The summed E-state index contributed by atoms with van der Waals surface area (Å²) in [6, 6.07) is 8.00. The van der Waals surface area contributed by atoms with Gasteiger partial charge in [0.2, 0.25) is 0 Å². The fourth-order valence-corrected chi connectivity index (χ4v) is 2.59. The molecule has 0 radical (unpaired) electrons. The Morgan fingerprint density at radius 3 is 2.08 bits per heavy atom. The van der Waals surface area contributed by atoms with Crippen molar-refractivity contribution < 1.29 is 43.5 Å². The first-order valence-corrected chi connectivity index (χ1v) is 7.88. The highest BCUT2D eigenvalue weighted by atomic mass is 16.7. The smallest absolute Gasteiger partial charge is 0.338 e. The molecule has 1 aliphatic heterocycles. The van der Waals surface area contributed by atoms with Crippen molar-refractivity contribution in [2.75, 3.05) is 6.61 Å². The van der Waals surface area contributed by atoms with Crippen molar-refractivity contribution in [3.63, 3.8) is 0 Å². The summed E-state index contributed by atoms with van der Waals surface area (Å²) in [5, 5.41) is 19.5. The van der Waals surface area contributed by atoms with Gasteiger partial charge in [-0.25, -0.2) is 4.79 Å². The van der Waals surface area contributed by atoms with Crippen LogP contribution in [0.25, 0.3) is 0 Å². The molecule has 0 amide bonds. The summed E-state index contributed by atoms with van der Waals surface area (Å²) in [5.74, 6) is -2.27. The summed E-state index contributed by atoms with van der Waals surface area (Å²) in [6.07, 6.45) is -6.94. The van der Waals surface area contributed by atoms with E-state index < -0.39 is 55.2 Å². The van der Waals surface area contributed by atoms with Crippen LogP contribution in [0.2, 0.25) is 0 Å². The van der Waals surface area contributed by atoms with E-state index in [9.17, 15) is 24.6 Å². The zero-order chi connectivity index (χ0) is 19.3. The number of hydrogen-bond donors (Lipinski definition) is 2. The predicted molar refractivity (Wildman–Crippen MR) is 84.7 cm³/mol. The Hall–Kier alpha value is -2.49. The highest BCUT2D eigenvalue weighted by Crippen LogP contribution is 2.28. The van der Waals surface area contributed by atoms with Crippen LogP contribution in [-0.2, 0) is 28.5 Å². The molecule has 2 rings (SSSR count). The number of carbonyl (C=O) groups is 3. The molecule has 1 aromatic rings. The maximum Gasteiger partial charge on any atom is 0.338 e. The SMILES string of the molecule is CC(=O)OC1C(OC(C)=O)[C@@H](O)OC(CO)[C@H]1OC(=O)c1ccccc1. The number of carbonyl (C=O) groups excluding carboxylic acids is 3. The van der Waals surface area contributed by atoms with E-state index in [1.807, 2.05) is 0 Å². The second kappa shape index (κ2) is 8.75. The van der Waals surface area contributed by atoms with Gasteiger partial charge in [-0.2, -0.15) is 0 Å². The number of aliphatic hydroxyl groups is 2. The Kier molecular flexibility index (Phi) is 6.67. The number of benzene rings is 1. The van der Waals surface area contributed by atoms with Crippen LogP contribution in [0.1, 0.15) is 24.2 Å². The number of ether oxygens (including phenoxy) is 4. The van der Waals surface area contributed by atoms with Gasteiger partial charge < -0.3 is 29.2 Å². The van der Waals surface area contributed by atoms with Crippen molar-refractivity contribution in [2.24, 2.45) is 0 Å². The third-order valence-corrected chi connectivity index (χ3v) is 3.65. The van der Waals surface area contributed by atoms with E-state index >= 15 is 0 Å². The van der Waals surface area contributed by atoms with Crippen LogP contribution < -0.4 is 0 Å². The van der Waals surface area contributed by atoms with E-state index in [4.69, 9.17) is 18.9 Å². The number of hydrogen-bond acceptors (Lipinski definition) is 9. The van der Waals surface area contributed by atoms with Gasteiger partial charge in [-0.1, -0.05) is 18.2 Å². The molecule has 2 N–H and O–H groups in total. The average Bonchev–Trinajstić information content (AvgIpc) is 2.60. The molecule has 9 heteroatoms. The molecule has 3 unspecified atom stereocenters. The highest BCUT2D eigenvalue weighted by molar-refractivity contribution is 5.89. The molecule has 1 heterocycles. The highest BCUT2D eigenvalue weighted by Gasteiger charge is 2.51. The molecular weight excluding hydrogens is 348 g/mol. The van der Waals surface area contributed by atoms with Gasteiger partial charge in [-0.05, 0) is 12.1 Å². The minimum atomic E-state index is -1.67. The average molecular weight is 368 g/mol. The van der Waals surface area contributed by atoms with Gasteiger partial charge in [0, 0.05) is 13.8 Å². The zero-order valence-corrected chi connectivity index (χ0v) is 14.2. The van der Waals surface area contributed by atoms with E-state index in [2.05, 4.69) is 0 Å². The lowest BCUT2D eigenvalue weighted by atomic mass is 9.98.